The van der Waals surface area contributed by atoms with Gasteiger partial charge in [-0.3, -0.25) is 57.5 Å². The third-order valence-electron chi connectivity index (χ3n) is 14.5. The molecule has 31 nitrogen and oxygen atoms in total. The van der Waals surface area contributed by atoms with Gasteiger partial charge in [-0.25, -0.2) is 4.79 Å². The first-order valence-electron chi connectivity index (χ1n) is 29.9. The van der Waals surface area contributed by atoms with Crippen LogP contribution < -0.4 is 70.8 Å². The maximum Gasteiger partial charge on any atom is 0.326 e. The van der Waals surface area contributed by atoms with Crippen LogP contribution in [0.1, 0.15) is 138 Å². The summed E-state index contributed by atoms with van der Waals surface area (Å²) in [5, 5.41) is 62.4. The highest BCUT2D eigenvalue weighted by molar-refractivity contribution is 6.00. The zero-order valence-electron chi connectivity index (χ0n) is 51.7. The number of aromatic amines is 1. The Morgan fingerprint density at radius 3 is 1.38 bits per heavy atom. The van der Waals surface area contributed by atoms with Crippen LogP contribution in [0.4, 0.5) is 0 Å². The predicted molar refractivity (Wildman–Crippen MR) is 324 cm³/mol. The Bertz CT molecular complexity index is 2740. The molecule has 0 saturated heterocycles. The Labute approximate surface area is 516 Å². The molecule has 2 aromatic rings. The molecule has 10 amide bonds. The molecule has 0 aliphatic rings. The number of nitrogens with two attached hydrogens (primary N) is 4. The highest BCUT2D eigenvalue weighted by Crippen LogP contribution is 2.20. The lowest BCUT2D eigenvalue weighted by Gasteiger charge is -2.30. The van der Waals surface area contributed by atoms with E-state index < -0.39 is 175 Å². The monoisotopic (exact) mass is 1260 g/mol. The van der Waals surface area contributed by atoms with Gasteiger partial charge in [0.05, 0.1) is 18.9 Å². The number of carboxylic acid groups (broad SMARTS) is 3. The molecule has 0 spiro atoms. The van der Waals surface area contributed by atoms with Crippen molar-refractivity contribution in [1.29, 1.82) is 0 Å². The maximum absolute atomic E-state index is 14.5. The van der Waals surface area contributed by atoms with Crippen molar-refractivity contribution in [1.82, 2.24) is 52.8 Å². The van der Waals surface area contributed by atoms with Gasteiger partial charge in [-0.05, 0) is 107 Å². The van der Waals surface area contributed by atoms with E-state index in [1.54, 1.807) is 65.1 Å². The Balaban J connectivity index is 2.55. The minimum absolute atomic E-state index is 0.0175. The number of aliphatic carboxylic acids is 3. The third-order valence-corrected chi connectivity index (χ3v) is 14.5. The number of unbranched alkanes of at least 4 members (excludes halogenated alkanes) is 2. The molecule has 0 radical (unpaired) electrons. The number of carbonyl (C=O) groups excluding carboxylic acids is 10. The minimum Gasteiger partial charge on any atom is -0.481 e. The van der Waals surface area contributed by atoms with Crippen molar-refractivity contribution in [3.05, 3.63) is 36.0 Å². The lowest BCUT2D eigenvalue weighted by Crippen LogP contribution is -2.62. The van der Waals surface area contributed by atoms with Crippen molar-refractivity contribution < 1.29 is 82.8 Å². The predicted octanol–water partition coefficient (Wildman–Crippen LogP) is -2.52. The van der Waals surface area contributed by atoms with E-state index in [1.807, 2.05) is 0 Å². The number of carboxylic acids is 3. The minimum atomic E-state index is -1.94. The first-order chi connectivity index (χ1) is 41.8. The van der Waals surface area contributed by atoms with Gasteiger partial charge in [-0.1, -0.05) is 66.2 Å². The molecule has 0 aliphatic carbocycles. The van der Waals surface area contributed by atoms with E-state index in [1.165, 1.54) is 13.8 Å². The van der Waals surface area contributed by atoms with Crippen LogP contribution in [-0.4, -0.2) is 182 Å². The van der Waals surface area contributed by atoms with E-state index >= 15 is 0 Å². The number of benzene rings is 1. The summed E-state index contributed by atoms with van der Waals surface area (Å²) in [6.45, 7) is 11.8. The molecule has 0 fully saturated rings. The third kappa shape index (κ3) is 27.3. The van der Waals surface area contributed by atoms with Crippen molar-refractivity contribution >= 4 is 87.9 Å². The van der Waals surface area contributed by atoms with Gasteiger partial charge in [0.15, 0.2) is 0 Å². The lowest BCUT2D eigenvalue weighted by atomic mass is 9.96. The Hall–Kier alpha value is -8.29. The molecular weight excluding hydrogens is 1160 g/mol. The SMILES string of the molecule is CC[C@H](C)[C@H](NC(=O)[C@H](CC(=O)O)NC(=O)[C@H](Cc1c[nH]c2ccccc12)NC(=O)[C@H](CC(C)C)NC(=O)[C@@H](N)[C@@H](C)O)C(=O)N[C@@H](CCC(N)=O)C(=O)N[C@@H](CCCCN)C(=O)N[C@@H](CC(=O)O)C(=O)N[C@@H](CC(C)C)C(=O)N[C@@H](CCCCN)C(=O)O. The number of aliphatic hydroxyl groups is 1. The fraction of sp³-hybridized carbons (Fsp3) is 0.638. The summed E-state index contributed by atoms with van der Waals surface area (Å²) in [5.41, 5.74) is 23.7. The Kier molecular flexibility index (Phi) is 33.5. The number of primary amides is 1. The molecule has 1 aromatic carbocycles. The van der Waals surface area contributed by atoms with Gasteiger partial charge in [0.2, 0.25) is 59.1 Å². The van der Waals surface area contributed by atoms with Crippen molar-refractivity contribution in [2.75, 3.05) is 13.1 Å². The highest BCUT2D eigenvalue weighted by atomic mass is 16.4. The summed E-state index contributed by atoms with van der Waals surface area (Å²) >= 11 is 0. The second-order valence-corrected chi connectivity index (χ2v) is 23.1. The van der Waals surface area contributed by atoms with Gasteiger partial charge in [0.25, 0.3) is 0 Å². The summed E-state index contributed by atoms with van der Waals surface area (Å²) in [5.74, 6) is -16.0. The molecule has 498 valence electrons. The lowest BCUT2D eigenvalue weighted by molar-refractivity contribution is -0.143. The van der Waals surface area contributed by atoms with Gasteiger partial charge in [0, 0.05) is 29.9 Å². The number of carbonyl (C=O) groups is 13. The summed E-state index contributed by atoms with van der Waals surface area (Å²) in [6.07, 6.45) is -1.79. The smallest absolute Gasteiger partial charge is 0.326 e. The standard InChI is InChI=1S/C58H94N14O17/c1-8-31(6)48(72-55(85)43(27-46(77)78)70-53(83)41(25-33-28-63-35-16-10-9-15-34(33)35)68-52(82)40(24-30(4)5)71-56(86)47(62)32(7)73)57(87)65-37(19-20-44(61)74)50(80)64-36(17-11-13-21-59)49(79)69-42(26-45(75)76)54(84)67-39(23-29(2)3)51(81)66-38(58(88)89)18-12-14-22-60/h9-10,15-16,28-32,36-43,47-48,63,73H,8,11-14,17-27,59-60,62H2,1-7H3,(H2,61,74)(H,64,80)(H,65,87)(H,66,81)(H,67,84)(H,68,82)(H,69,79)(H,70,83)(H,71,86)(H,72,85)(H,75,76)(H,77,78)(H,88,89)/t31-,32+,36-,37-,38-,39-,40-,41-,42-,43-,47-,48-/m0/s1. The van der Waals surface area contributed by atoms with E-state index in [9.17, 15) is 82.8 Å². The number of aliphatic hydroxyl groups excluding tert-OH is 1. The molecule has 0 bridgehead atoms. The van der Waals surface area contributed by atoms with Crippen molar-refractivity contribution in [2.45, 2.75) is 205 Å². The Morgan fingerprint density at radius 2 is 0.910 bits per heavy atom. The molecular formula is C58H94N14O17. The average molecular weight is 1260 g/mol. The van der Waals surface area contributed by atoms with Gasteiger partial charge in [-0.2, -0.15) is 0 Å². The quantitative estimate of drug-likeness (QED) is 0.0305. The van der Waals surface area contributed by atoms with Crippen molar-refractivity contribution in [3.63, 3.8) is 0 Å². The van der Waals surface area contributed by atoms with E-state index in [0.29, 0.717) is 35.7 Å². The summed E-state index contributed by atoms with van der Waals surface area (Å²) in [4.78, 5) is 178. The topological polar surface area (TPSA) is 531 Å². The van der Waals surface area contributed by atoms with Crippen LogP contribution in [0.15, 0.2) is 30.5 Å². The molecule has 89 heavy (non-hydrogen) atoms. The van der Waals surface area contributed by atoms with Crippen LogP contribution in [0.2, 0.25) is 0 Å². The van der Waals surface area contributed by atoms with Crippen molar-refractivity contribution in [3.8, 4) is 0 Å². The molecule has 1 aromatic heterocycles. The number of rotatable bonds is 43. The van der Waals surface area contributed by atoms with E-state index in [0.717, 1.165) is 0 Å². The van der Waals surface area contributed by atoms with E-state index in [-0.39, 0.29) is 69.9 Å². The van der Waals surface area contributed by atoms with Gasteiger partial charge < -0.3 is 96.2 Å². The summed E-state index contributed by atoms with van der Waals surface area (Å²) in [6, 6.07) is -8.77. The normalized spacial score (nSPS) is 15.4. The van der Waals surface area contributed by atoms with Crippen LogP contribution in [0, 0.1) is 17.8 Å². The number of hydrogen-bond donors (Lipinski definition) is 18. The fourth-order valence-electron chi connectivity index (χ4n) is 9.31. The Morgan fingerprint density at radius 1 is 0.506 bits per heavy atom. The van der Waals surface area contributed by atoms with Gasteiger partial charge >= 0.3 is 17.9 Å². The molecule has 31 heteroatoms. The van der Waals surface area contributed by atoms with Crippen LogP contribution >= 0.6 is 0 Å². The highest BCUT2D eigenvalue weighted by Gasteiger charge is 2.38. The van der Waals surface area contributed by atoms with Crippen molar-refractivity contribution in [2.24, 2.45) is 40.7 Å². The zero-order valence-corrected chi connectivity index (χ0v) is 51.7. The van der Waals surface area contributed by atoms with Gasteiger partial charge in [0.1, 0.15) is 60.4 Å². The maximum atomic E-state index is 14.5. The molecule has 1 heterocycles. The average Bonchev–Trinajstić information content (AvgIpc) is 2.24. The summed E-state index contributed by atoms with van der Waals surface area (Å²) in [7, 11) is 0. The van der Waals surface area contributed by atoms with Crippen LogP contribution in [-0.2, 0) is 68.7 Å². The molecule has 0 aliphatic heterocycles. The zero-order chi connectivity index (χ0) is 67.2. The van der Waals surface area contributed by atoms with Crippen LogP contribution in [0.5, 0.6) is 0 Å². The van der Waals surface area contributed by atoms with E-state index in [2.05, 4.69) is 52.8 Å². The number of fused-ring (bicyclic) bond motifs is 1. The molecule has 12 atom stereocenters. The molecule has 22 N–H and O–H groups in total. The molecule has 2 rings (SSSR count). The number of amides is 10. The first kappa shape index (κ1) is 76.8. The second kappa shape index (κ2) is 38.9. The number of nitrogens with one attached hydrogen (secondary N) is 10. The van der Waals surface area contributed by atoms with E-state index in [4.69, 9.17) is 22.9 Å². The largest absolute Gasteiger partial charge is 0.481 e. The molecule has 0 saturated carbocycles. The van der Waals surface area contributed by atoms with Crippen LogP contribution in [0.25, 0.3) is 10.9 Å². The number of hydrogen-bond acceptors (Lipinski definition) is 17. The molecule has 0 unspecified atom stereocenters. The first-order valence-corrected chi connectivity index (χ1v) is 29.9. The summed E-state index contributed by atoms with van der Waals surface area (Å²) < 4.78 is 0. The van der Waals surface area contributed by atoms with Crippen LogP contribution in [0.3, 0.4) is 0 Å². The second-order valence-electron chi connectivity index (χ2n) is 23.1. The van der Waals surface area contributed by atoms with Gasteiger partial charge in [-0.15, -0.1) is 0 Å². The number of para-hydroxylation sites is 1. The number of H-pyrrole nitrogens is 1. The number of aromatic nitrogens is 1. The fourth-order valence-corrected chi connectivity index (χ4v) is 9.31.